The van der Waals surface area contributed by atoms with Gasteiger partial charge < -0.3 is 4.18 Å². The summed E-state index contributed by atoms with van der Waals surface area (Å²) in [5, 5.41) is 0. The number of allylic oxidation sites excluding steroid dienone is 2. The van der Waals surface area contributed by atoms with Gasteiger partial charge in [0.15, 0.2) is 0 Å². The molecule has 1 atom stereocenters. The Morgan fingerprint density at radius 1 is 1.31 bits per heavy atom. The zero-order valence-corrected chi connectivity index (χ0v) is 10.8. The molecule has 0 spiro atoms. The van der Waals surface area contributed by atoms with Gasteiger partial charge in [-0.05, 0) is 39.0 Å². The van der Waals surface area contributed by atoms with Crippen molar-refractivity contribution in [3.05, 3.63) is 11.6 Å². The lowest BCUT2D eigenvalue weighted by atomic mass is 10.0. The third-order valence-corrected chi connectivity index (χ3v) is 2.53. The zero-order valence-electron chi connectivity index (χ0n) is 9.93. The summed E-state index contributed by atoms with van der Waals surface area (Å²) in [4.78, 5) is 0. The smallest absolute Gasteiger partial charge is 0.308 e. The molecule has 5 heteroatoms. The van der Waals surface area contributed by atoms with Crippen molar-refractivity contribution in [2.45, 2.75) is 45.5 Å². The average Bonchev–Trinajstić information content (AvgIpc) is 2.10. The molecule has 0 fully saturated rings. The van der Waals surface area contributed by atoms with Crippen LogP contribution in [-0.2, 0) is 4.18 Å². The van der Waals surface area contributed by atoms with Crippen LogP contribution in [0.5, 0.6) is 0 Å². The lowest BCUT2D eigenvalue weighted by Gasteiger charge is -2.10. The van der Waals surface area contributed by atoms with Crippen LogP contribution in [0.2, 0.25) is 0 Å². The van der Waals surface area contributed by atoms with Crippen molar-refractivity contribution in [2.75, 3.05) is 6.61 Å². The second-order valence-corrected chi connectivity index (χ2v) is 4.97. The normalized spacial score (nSPS) is 13.6. The molecule has 0 aromatic carbocycles. The predicted molar refractivity (Wildman–Crippen MR) is 62.0 cm³/mol. The van der Waals surface area contributed by atoms with Gasteiger partial charge in [0.25, 0.3) is 0 Å². The zero-order chi connectivity index (χ0) is 12.6. The van der Waals surface area contributed by atoms with Crippen molar-refractivity contribution in [1.29, 1.82) is 0 Å². The molecule has 16 heavy (non-hydrogen) atoms. The van der Waals surface area contributed by atoms with E-state index >= 15 is 0 Å². The van der Waals surface area contributed by atoms with E-state index in [0.717, 1.165) is 12.8 Å². The Labute approximate surface area is 99.6 Å². The summed E-state index contributed by atoms with van der Waals surface area (Å²) in [6.07, 6.45) is 4.78. The molecule has 0 N–H and O–H groups in total. The van der Waals surface area contributed by atoms with Gasteiger partial charge in [-0.1, -0.05) is 18.6 Å². The highest BCUT2D eigenvalue weighted by Gasteiger charge is 2.29. The molecule has 96 valence electrons. The largest absolute Gasteiger partial charge is 0.467 e. The first kappa shape index (κ1) is 15.8. The molecule has 0 saturated heterocycles. The van der Waals surface area contributed by atoms with E-state index in [1.165, 1.54) is 5.57 Å². The van der Waals surface area contributed by atoms with Crippen molar-refractivity contribution in [3.8, 4) is 0 Å². The maximum Gasteiger partial charge on any atom is 0.467 e. The quantitative estimate of drug-likeness (QED) is 0.362. The molecular weight excluding hydrogens is 237 g/mol. The molecule has 0 aliphatic heterocycles. The van der Waals surface area contributed by atoms with Gasteiger partial charge in [0.2, 0.25) is 0 Å². The van der Waals surface area contributed by atoms with E-state index in [1.54, 1.807) is 0 Å². The van der Waals surface area contributed by atoms with Crippen LogP contribution in [0, 0.1) is 5.92 Å². The monoisotopic (exact) mass is 256 g/mol. The van der Waals surface area contributed by atoms with E-state index in [0.29, 0.717) is 12.3 Å². The van der Waals surface area contributed by atoms with E-state index in [2.05, 4.69) is 10.3 Å². The van der Waals surface area contributed by atoms with E-state index in [9.17, 15) is 13.2 Å². The van der Waals surface area contributed by atoms with Gasteiger partial charge in [-0.3, -0.25) is 0 Å². The molecule has 0 radical (unpaired) electrons. The first-order valence-electron chi connectivity index (χ1n) is 5.32. The highest BCUT2D eigenvalue weighted by Crippen LogP contribution is 2.31. The molecule has 0 rings (SSSR count). The van der Waals surface area contributed by atoms with Gasteiger partial charge >= 0.3 is 5.51 Å². The summed E-state index contributed by atoms with van der Waals surface area (Å²) in [7, 11) is 0. The van der Waals surface area contributed by atoms with Crippen molar-refractivity contribution < 1.29 is 17.4 Å². The first-order valence-corrected chi connectivity index (χ1v) is 6.06. The van der Waals surface area contributed by atoms with Crippen LogP contribution in [0.4, 0.5) is 13.2 Å². The van der Waals surface area contributed by atoms with Crippen LogP contribution >= 0.6 is 12.0 Å². The molecule has 0 aromatic rings. The second kappa shape index (κ2) is 8.01. The molecule has 0 amide bonds. The van der Waals surface area contributed by atoms with Crippen LogP contribution in [0.15, 0.2) is 11.6 Å². The summed E-state index contributed by atoms with van der Waals surface area (Å²) < 4.78 is 39.6. The predicted octanol–water partition coefficient (Wildman–Crippen LogP) is 4.94. The van der Waals surface area contributed by atoms with Gasteiger partial charge in [0.1, 0.15) is 12.0 Å². The van der Waals surface area contributed by atoms with Crippen molar-refractivity contribution in [3.63, 3.8) is 0 Å². The minimum atomic E-state index is -4.29. The molecule has 0 bridgehead atoms. The Kier molecular flexibility index (Phi) is 7.93. The summed E-state index contributed by atoms with van der Waals surface area (Å²) >= 11 is -0.408. The number of halogens is 3. The standard InChI is InChI=1S/C11H19F3OS/c1-9(2)5-4-6-10(3)7-8-15-16-11(12,13)14/h5,10H,4,6-8H2,1-3H3/t10-/m1/s1. The van der Waals surface area contributed by atoms with E-state index < -0.39 is 17.6 Å². The molecule has 0 aromatic heterocycles. The van der Waals surface area contributed by atoms with E-state index in [4.69, 9.17) is 0 Å². The van der Waals surface area contributed by atoms with Gasteiger partial charge in [0, 0.05) is 0 Å². The highest BCUT2D eigenvalue weighted by molar-refractivity contribution is 7.95. The summed E-state index contributed by atoms with van der Waals surface area (Å²) in [5.41, 5.74) is -3.01. The molecule has 0 heterocycles. The maximum atomic E-state index is 11.7. The Morgan fingerprint density at radius 3 is 2.44 bits per heavy atom. The lowest BCUT2D eigenvalue weighted by molar-refractivity contribution is -0.0398. The Bertz CT molecular complexity index is 210. The fraction of sp³-hybridized carbons (Fsp3) is 0.818. The Morgan fingerprint density at radius 2 is 1.94 bits per heavy atom. The number of hydrogen-bond donors (Lipinski definition) is 0. The van der Waals surface area contributed by atoms with Crippen molar-refractivity contribution in [2.24, 2.45) is 5.92 Å². The van der Waals surface area contributed by atoms with Crippen molar-refractivity contribution in [1.82, 2.24) is 0 Å². The van der Waals surface area contributed by atoms with Crippen LogP contribution < -0.4 is 0 Å². The Balaban J connectivity index is 3.44. The summed E-state index contributed by atoms with van der Waals surface area (Å²) in [6, 6.07) is 0. The van der Waals surface area contributed by atoms with Gasteiger partial charge in [0.05, 0.1) is 6.61 Å². The molecule has 1 nitrogen and oxygen atoms in total. The maximum absolute atomic E-state index is 11.7. The minimum absolute atomic E-state index is 0.153. The topological polar surface area (TPSA) is 9.23 Å². The van der Waals surface area contributed by atoms with Crippen molar-refractivity contribution >= 4 is 12.0 Å². The number of alkyl halides is 3. The molecule has 0 saturated carbocycles. The Hall–Kier alpha value is -0.160. The van der Waals surface area contributed by atoms with Crippen LogP contribution in [-0.4, -0.2) is 12.1 Å². The molecular formula is C11H19F3OS. The molecule has 0 unspecified atom stereocenters. The minimum Gasteiger partial charge on any atom is -0.308 e. The molecule has 0 aliphatic rings. The lowest BCUT2D eigenvalue weighted by Crippen LogP contribution is -2.04. The van der Waals surface area contributed by atoms with Crippen LogP contribution in [0.1, 0.15) is 40.0 Å². The van der Waals surface area contributed by atoms with Gasteiger partial charge in [-0.2, -0.15) is 13.2 Å². The van der Waals surface area contributed by atoms with Gasteiger partial charge in [-0.25, -0.2) is 0 Å². The van der Waals surface area contributed by atoms with Gasteiger partial charge in [-0.15, -0.1) is 0 Å². The highest BCUT2D eigenvalue weighted by atomic mass is 32.2. The number of hydrogen-bond acceptors (Lipinski definition) is 2. The van der Waals surface area contributed by atoms with Crippen LogP contribution in [0.25, 0.3) is 0 Å². The fourth-order valence-electron chi connectivity index (χ4n) is 1.16. The van der Waals surface area contributed by atoms with E-state index in [1.807, 2.05) is 20.8 Å². The van der Waals surface area contributed by atoms with E-state index in [-0.39, 0.29) is 6.61 Å². The molecule has 0 aliphatic carbocycles. The van der Waals surface area contributed by atoms with Crippen LogP contribution in [0.3, 0.4) is 0 Å². The second-order valence-electron chi connectivity index (χ2n) is 4.10. The summed E-state index contributed by atoms with van der Waals surface area (Å²) in [6.45, 7) is 6.25. The number of rotatable bonds is 7. The third kappa shape index (κ3) is 11.9. The SMILES string of the molecule is CC(C)=CCC[C@@H](C)CCOSC(F)(F)F. The fourth-order valence-corrected chi connectivity index (χ4v) is 1.47. The average molecular weight is 256 g/mol. The third-order valence-electron chi connectivity index (χ3n) is 2.06. The summed E-state index contributed by atoms with van der Waals surface area (Å²) in [5.74, 6) is 0.393. The first-order chi connectivity index (χ1) is 7.31.